The van der Waals surface area contributed by atoms with Crippen molar-refractivity contribution in [2.24, 2.45) is 4.99 Å². The molecule has 4 aromatic rings. The Morgan fingerprint density at radius 1 is 1.17 bits per heavy atom. The fraction of sp³-hybridized carbons (Fsp3) is 0.143. The minimum absolute atomic E-state index is 0.362. The van der Waals surface area contributed by atoms with Crippen LogP contribution in [-0.4, -0.2) is 24.7 Å². The van der Waals surface area contributed by atoms with Crippen LogP contribution >= 0.6 is 34.3 Å². The van der Waals surface area contributed by atoms with Gasteiger partial charge in [-0.15, -0.1) is 17.9 Å². The average Bonchev–Trinajstić information content (AvgIpc) is 3.24. The van der Waals surface area contributed by atoms with E-state index in [0.717, 1.165) is 20.3 Å². The van der Waals surface area contributed by atoms with Gasteiger partial charge in [0.1, 0.15) is 4.88 Å². The summed E-state index contributed by atoms with van der Waals surface area (Å²) in [6.07, 6.45) is 1.76. The molecule has 0 aliphatic rings. The van der Waals surface area contributed by atoms with Crippen LogP contribution in [-0.2, 0) is 6.54 Å². The van der Waals surface area contributed by atoms with Crippen LogP contribution in [0.15, 0.2) is 54.0 Å². The van der Waals surface area contributed by atoms with Gasteiger partial charge in [-0.1, -0.05) is 47.2 Å². The molecule has 0 spiro atoms. The van der Waals surface area contributed by atoms with Crippen LogP contribution in [0.1, 0.15) is 9.67 Å². The first-order chi connectivity index (χ1) is 14.1. The topological polar surface area (TPSA) is 52.8 Å². The summed E-state index contributed by atoms with van der Waals surface area (Å²) in [6, 6.07) is 11.4. The van der Waals surface area contributed by atoms with E-state index < -0.39 is 0 Å². The van der Waals surface area contributed by atoms with Gasteiger partial charge in [0, 0.05) is 28.8 Å². The number of carbonyl (C=O) groups is 1. The van der Waals surface area contributed by atoms with Crippen molar-refractivity contribution in [2.75, 3.05) is 14.2 Å². The molecule has 2 aromatic heterocycles. The zero-order chi connectivity index (χ0) is 20.5. The molecule has 148 valence electrons. The van der Waals surface area contributed by atoms with E-state index in [-0.39, 0.29) is 5.91 Å². The molecule has 5 nitrogen and oxygen atoms in total. The number of fused-ring (bicyclic) bond motifs is 2. The largest absolute Gasteiger partial charge is 0.493 e. The lowest BCUT2D eigenvalue weighted by molar-refractivity contribution is 0.100. The number of thiophene rings is 1. The maximum absolute atomic E-state index is 13.0. The number of carbonyl (C=O) groups excluding carboxylic acids is 1. The molecule has 8 heteroatoms. The van der Waals surface area contributed by atoms with Crippen molar-refractivity contribution in [3.05, 3.63) is 63.8 Å². The van der Waals surface area contributed by atoms with E-state index in [1.165, 1.54) is 22.7 Å². The van der Waals surface area contributed by atoms with Gasteiger partial charge in [-0.25, -0.2) is 0 Å². The number of thiazole rings is 1. The van der Waals surface area contributed by atoms with E-state index in [2.05, 4.69) is 11.6 Å². The summed E-state index contributed by atoms with van der Waals surface area (Å²) in [5.74, 6) is 0.873. The summed E-state index contributed by atoms with van der Waals surface area (Å²) >= 11 is 9.21. The monoisotopic (exact) mass is 444 g/mol. The van der Waals surface area contributed by atoms with Gasteiger partial charge < -0.3 is 14.0 Å². The number of methoxy groups -OCH3 is 2. The standard InChI is InChI=1S/C21H17ClN2O3S2/c1-4-9-24-13-10-14(26-2)15(27-3)11-17(13)29-21(24)23-20(25)19-18(22)12-7-5-6-8-16(12)28-19/h4-8,10-11H,1,9H2,2-3H3. The predicted molar refractivity (Wildman–Crippen MR) is 120 cm³/mol. The highest BCUT2D eigenvalue weighted by atomic mass is 35.5. The second kappa shape index (κ2) is 8.02. The molecule has 0 saturated carbocycles. The highest BCUT2D eigenvalue weighted by Gasteiger charge is 2.18. The van der Waals surface area contributed by atoms with Gasteiger partial charge in [0.05, 0.1) is 29.5 Å². The molecule has 0 fully saturated rings. The number of aromatic nitrogens is 1. The molecule has 0 unspecified atom stereocenters. The number of nitrogens with zero attached hydrogens (tertiary/aromatic N) is 2. The molecular formula is C21H17ClN2O3S2. The van der Waals surface area contributed by atoms with E-state index in [1.807, 2.05) is 41.0 Å². The van der Waals surface area contributed by atoms with E-state index in [0.29, 0.717) is 32.7 Å². The first-order valence-corrected chi connectivity index (χ1v) is 10.7. The third kappa shape index (κ3) is 3.46. The van der Waals surface area contributed by atoms with Gasteiger partial charge in [0.25, 0.3) is 5.91 Å². The van der Waals surface area contributed by atoms with Crippen molar-refractivity contribution < 1.29 is 14.3 Å². The lowest BCUT2D eigenvalue weighted by Crippen LogP contribution is -2.16. The molecule has 0 atom stereocenters. The molecule has 4 rings (SSSR count). The van der Waals surface area contributed by atoms with E-state index >= 15 is 0 Å². The van der Waals surface area contributed by atoms with E-state index in [4.69, 9.17) is 21.1 Å². The maximum Gasteiger partial charge on any atom is 0.291 e. The lowest BCUT2D eigenvalue weighted by atomic mass is 10.2. The Hall–Kier alpha value is -2.61. The van der Waals surface area contributed by atoms with E-state index in [1.54, 1.807) is 20.3 Å². The lowest BCUT2D eigenvalue weighted by Gasteiger charge is -2.08. The fourth-order valence-corrected chi connectivity index (χ4v) is 5.52. The van der Waals surface area contributed by atoms with Crippen molar-refractivity contribution in [1.82, 2.24) is 4.57 Å². The summed E-state index contributed by atoms with van der Waals surface area (Å²) < 4.78 is 14.6. The summed E-state index contributed by atoms with van der Waals surface area (Å²) in [4.78, 5) is 18.4. The average molecular weight is 445 g/mol. The Labute approximate surface area is 180 Å². The minimum Gasteiger partial charge on any atom is -0.493 e. The molecule has 0 saturated heterocycles. The third-order valence-corrected chi connectivity index (χ3v) is 7.13. The molecule has 2 heterocycles. The summed E-state index contributed by atoms with van der Waals surface area (Å²) in [5, 5.41) is 1.31. The zero-order valence-corrected chi connectivity index (χ0v) is 18.2. The van der Waals surface area contributed by atoms with Gasteiger partial charge >= 0.3 is 0 Å². The highest BCUT2D eigenvalue weighted by Crippen LogP contribution is 2.36. The number of benzene rings is 2. The van der Waals surface area contributed by atoms with Crippen molar-refractivity contribution in [1.29, 1.82) is 0 Å². The Kier molecular flexibility index (Phi) is 5.45. The van der Waals surface area contributed by atoms with Crippen LogP contribution in [0.5, 0.6) is 11.5 Å². The summed E-state index contributed by atoms with van der Waals surface area (Å²) in [7, 11) is 3.18. The van der Waals surface area contributed by atoms with Gasteiger partial charge in [0.2, 0.25) is 0 Å². The molecular weight excluding hydrogens is 428 g/mol. The molecule has 0 N–H and O–H groups in total. The Balaban J connectivity index is 1.90. The first kappa shape index (κ1) is 19.7. The van der Waals surface area contributed by atoms with Crippen LogP contribution in [0.2, 0.25) is 5.02 Å². The molecule has 2 aromatic carbocycles. The Bertz CT molecular complexity index is 1320. The number of halogens is 1. The van der Waals surface area contributed by atoms with Crippen LogP contribution < -0.4 is 14.3 Å². The molecule has 29 heavy (non-hydrogen) atoms. The highest BCUT2D eigenvalue weighted by molar-refractivity contribution is 7.21. The summed E-state index contributed by atoms with van der Waals surface area (Å²) in [5.41, 5.74) is 0.890. The number of hydrogen-bond acceptors (Lipinski definition) is 5. The number of hydrogen-bond donors (Lipinski definition) is 0. The number of rotatable bonds is 5. The fourth-order valence-electron chi connectivity index (χ4n) is 3.08. The van der Waals surface area contributed by atoms with E-state index in [9.17, 15) is 4.79 Å². The van der Waals surface area contributed by atoms with Crippen LogP contribution in [0.3, 0.4) is 0 Å². The minimum atomic E-state index is -0.362. The second-order valence-corrected chi connectivity index (χ2v) is 8.56. The Morgan fingerprint density at radius 2 is 1.90 bits per heavy atom. The zero-order valence-electron chi connectivity index (χ0n) is 15.8. The maximum atomic E-state index is 13.0. The Morgan fingerprint density at radius 3 is 2.59 bits per heavy atom. The van der Waals surface area contributed by atoms with Crippen molar-refractivity contribution >= 4 is 60.5 Å². The molecule has 0 radical (unpaired) electrons. The smallest absolute Gasteiger partial charge is 0.291 e. The molecule has 0 aliphatic carbocycles. The first-order valence-electron chi connectivity index (χ1n) is 8.69. The normalized spacial score (nSPS) is 11.9. The van der Waals surface area contributed by atoms with Gasteiger partial charge in [0.15, 0.2) is 16.3 Å². The number of ether oxygens (including phenoxy) is 2. The third-order valence-electron chi connectivity index (χ3n) is 4.43. The van der Waals surface area contributed by atoms with Crippen molar-refractivity contribution in [3.8, 4) is 11.5 Å². The number of amides is 1. The van der Waals surface area contributed by atoms with Gasteiger partial charge in [-0.05, 0) is 6.07 Å². The van der Waals surface area contributed by atoms with Gasteiger partial charge in [-0.3, -0.25) is 4.79 Å². The molecule has 0 aliphatic heterocycles. The van der Waals surface area contributed by atoms with Crippen LogP contribution in [0, 0.1) is 0 Å². The molecule has 1 amide bonds. The van der Waals surface area contributed by atoms with Crippen molar-refractivity contribution in [2.45, 2.75) is 6.54 Å². The quantitative estimate of drug-likeness (QED) is 0.381. The summed E-state index contributed by atoms with van der Waals surface area (Å²) in [6.45, 7) is 4.32. The van der Waals surface area contributed by atoms with Crippen LogP contribution in [0.4, 0.5) is 0 Å². The van der Waals surface area contributed by atoms with Gasteiger partial charge in [-0.2, -0.15) is 4.99 Å². The predicted octanol–water partition coefficient (Wildman–Crippen LogP) is 5.52. The van der Waals surface area contributed by atoms with Crippen LogP contribution in [0.25, 0.3) is 20.3 Å². The number of allylic oxidation sites excluding steroid dienone is 1. The molecule has 0 bridgehead atoms. The van der Waals surface area contributed by atoms with Crippen molar-refractivity contribution in [3.63, 3.8) is 0 Å². The SMILES string of the molecule is C=CCn1c(=NC(=O)c2sc3ccccc3c2Cl)sc2cc(OC)c(OC)cc21. The second-order valence-electron chi connectivity index (χ2n) is 6.12.